The summed E-state index contributed by atoms with van der Waals surface area (Å²) >= 11 is 0. The molecule has 0 radical (unpaired) electrons. The number of benzene rings is 11. The molecule has 75 heavy (non-hydrogen) atoms. The van der Waals surface area contributed by atoms with Gasteiger partial charge in [-0.2, -0.15) is 0 Å². The molecule has 0 amide bonds. The maximum atomic E-state index is 6.77. The van der Waals surface area contributed by atoms with Crippen LogP contribution in [0.15, 0.2) is 247 Å². The van der Waals surface area contributed by atoms with Crippen molar-refractivity contribution in [1.29, 1.82) is 0 Å². The van der Waals surface area contributed by atoms with E-state index in [0.29, 0.717) is 0 Å². The highest BCUT2D eigenvalue weighted by Gasteiger charge is 2.26. The lowest BCUT2D eigenvalue weighted by Gasteiger charge is -2.30. The Hall–Kier alpha value is -8.92. The Balaban J connectivity index is 1.02. The number of para-hydroxylation sites is 6. The van der Waals surface area contributed by atoms with Gasteiger partial charge in [0.25, 0.3) is 0 Å². The van der Waals surface area contributed by atoms with Crippen molar-refractivity contribution >= 4 is 71.6 Å². The van der Waals surface area contributed by atoms with E-state index in [-0.39, 0.29) is 10.8 Å². The summed E-state index contributed by atoms with van der Waals surface area (Å²) in [5, 5.41) is 7.12. The van der Waals surface area contributed by atoms with Crippen molar-refractivity contribution in [3.63, 3.8) is 0 Å². The van der Waals surface area contributed by atoms with Gasteiger partial charge in [-0.05, 0) is 121 Å². The molecule has 0 saturated heterocycles. The van der Waals surface area contributed by atoms with E-state index >= 15 is 0 Å². The van der Waals surface area contributed by atoms with Crippen LogP contribution in [0, 0.1) is 0 Å². The van der Waals surface area contributed by atoms with Crippen molar-refractivity contribution in [3.8, 4) is 50.2 Å². The molecule has 0 N–H and O–H groups in total. The van der Waals surface area contributed by atoms with Crippen LogP contribution in [0.1, 0.15) is 52.7 Å². The molecule has 2 aromatic heterocycles. The highest BCUT2D eigenvalue weighted by atomic mass is 16.3. The fourth-order valence-corrected chi connectivity index (χ4v) is 11.4. The first-order valence-electron chi connectivity index (χ1n) is 26.2. The maximum Gasteiger partial charge on any atom is 0.143 e. The van der Waals surface area contributed by atoms with E-state index in [4.69, 9.17) is 4.42 Å². The topological polar surface area (TPSA) is 21.3 Å². The van der Waals surface area contributed by atoms with Crippen LogP contribution in [0.2, 0.25) is 0 Å². The number of anilines is 3. The van der Waals surface area contributed by atoms with Crippen LogP contribution < -0.4 is 4.90 Å². The number of rotatable bonds is 8. The lowest BCUT2D eigenvalue weighted by atomic mass is 9.78. The summed E-state index contributed by atoms with van der Waals surface area (Å²) < 4.78 is 9.14. The highest BCUT2D eigenvalue weighted by molar-refractivity contribution is 6.13. The highest BCUT2D eigenvalue weighted by Crippen LogP contribution is 2.49. The Kier molecular flexibility index (Phi) is 11.0. The maximum absolute atomic E-state index is 6.77. The lowest BCUT2D eigenvalue weighted by molar-refractivity contribution is 0.569. The van der Waals surface area contributed by atoms with Crippen LogP contribution in [0.4, 0.5) is 17.1 Å². The molecule has 0 aliphatic carbocycles. The molecule has 3 nitrogen and oxygen atoms in total. The van der Waals surface area contributed by atoms with Gasteiger partial charge in [0, 0.05) is 49.6 Å². The van der Waals surface area contributed by atoms with Crippen LogP contribution in [0.5, 0.6) is 0 Å². The van der Waals surface area contributed by atoms with E-state index in [1.165, 1.54) is 66.0 Å². The Labute approximate surface area is 439 Å². The molecule has 0 aliphatic rings. The van der Waals surface area contributed by atoms with Crippen molar-refractivity contribution < 1.29 is 4.42 Å². The summed E-state index contributed by atoms with van der Waals surface area (Å²) in [6.07, 6.45) is 0. The second kappa shape index (κ2) is 17.9. The Morgan fingerprint density at radius 1 is 0.360 bits per heavy atom. The summed E-state index contributed by atoms with van der Waals surface area (Å²) in [4.78, 5) is 2.46. The fourth-order valence-electron chi connectivity index (χ4n) is 11.4. The number of hydrogen-bond donors (Lipinski definition) is 0. The summed E-state index contributed by atoms with van der Waals surface area (Å²) in [5.74, 6) is 0. The smallest absolute Gasteiger partial charge is 0.143 e. The first kappa shape index (κ1) is 45.9. The molecule has 3 heteroatoms. The quantitative estimate of drug-likeness (QED) is 0.151. The summed E-state index contributed by atoms with van der Waals surface area (Å²) in [6, 6.07) is 89.0. The molecular weight excluding hydrogens is 909 g/mol. The monoisotopic (exact) mass is 966 g/mol. The van der Waals surface area contributed by atoms with Crippen LogP contribution in [0.3, 0.4) is 0 Å². The fraction of sp³-hybridized carbons (Fsp3) is 0.111. The average molecular weight is 967 g/mol. The van der Waals surface area contributed by atoms with Gasteiger partial charge in [0.05, 0.1) is 22.4 Å². The zero-order valence-corrected chi connectivity index (χ0v) is 43.4. The Bertz CT molecular complexity index is 4270. The van der Waals surface area contributed by atoms with E-state index in [1.807, 2.05) is 6.07 Å². The molecule has 13 rings (SSSR count). The molecule has 11 aromatic carbocycles. The van der Waals surface area contributed by atoms with Gasteiger partial charge in [-0.3, -0.25) is 0 Å². The molecule has 0 bridgehead atoms. The van der Waals surface area contributed by atoms with Gasteiger partial charge in [0.15, 0.2) is 0 Å². The third-order valence-electron chi connectivity index (χ3n) is 15.3. The Morgan fingerprint density at radius 2 is 0.893 bits per heavy atom. The van der Waals surface area contributed by atoms with Crippen molar-refractivity contribution in [2.75, 3.05) is 4.90 Å². The first-order chi connectivity index (χ1) is 36.5. The molecule has 2 heterocycles. The summed E-state index contributed by atoms with van der Waals surface area (Å²) in [5.41, 5.74) is 20.3. The van der Waals surface area contributed by atoms with E-state index in [1.54, 1.807) is 0 Å². The summed E-state index contributed by atoms with van der Waals surface area (Å²) in [6.45, 7) is 13.9. The van der Waals surface area contributed by atoms with Crippen molar-refractivity contribution in [1.82, 2.24) is 4.57 Å². The zero-order valence-electron chi connectivity index (χ0n) is 43.4. The Morgan fingerprint density at radius 3 is 1.60 bits per heavy atom. The zero-order chi connectivity index (χ0) is 51.0. The third-order valence-corrected chi connectivity index (χ3v) is 15.3. The number of fused-ring (bicyclic) bond motifs is 7. The van der Waals surface area contributed by atoms with Gasteiger partial charge in [0.2, 0.25) is 0 Å². The lowest BCUT2D eigenvalue weighted by Crippen LogP contribution is -2.16. The second-order valence-electron chi connectivity index (χ2n) is 22.1. The predicted molar refractivity (Wildman–Crippen MR) is 319 cm³/mol. The molecule has 13 aromatic rings. The van der Waals surface area contributed by atoms with Gasteiger partial charge >= 0.3 is 0 Å². The van der Waals surface area contributed by atoms with Gasteiger partial charge < -0.3 is 13.9 Å². The first-order valence-corrected chi connectivity index (χ1v) is 26.2. The number of nitrogens with zero attached hydrogens (tertiary/aromatic N) is 2. The standard InChI is InChI=1S/C72H58N2O/c1-71(2,3)51-43-50(44-52(46-51)72(4,5)6)55-29-18-21-48-22-19-30-60(69(48)55)56-25-10-14-33-64(56)74(65-34-15-11-26-57(65)61-31-20-32-62-59-28-13-17-36-68(59)75-70(61)62)54-40-37-47(38-41-54)49-39-42-67-63(45-49)58-27-12-16-35-66(58)73(67)53-23-8-7-9-24-53/h7-46H,1-6H3. The SMILES string of the molecule is CC(C)(C)c1cc(-c2cccc3cccc(-c4ccccc4N(c4ccc(-c5ccc6c(c5)c5ccccc5n6-c5ccccc5)cc4)c4ccccc4-c4cccc5c4oc4ccccc45)c23)cc(C(C)(C)C)c1. The average Bonchev–Trinajstić information content (AvgIpc) is 4.03. The van der Waals surface area contributed by atoms with Crippen LogP contribution >= 0.6 is 0 Å². The number of aromatic nitrogens is 1. The third kappa shape index (κ3) is 7.99. The van der Waals surface area contributed by atoms with Crippen LogP contribution in [-0.4, -0.2) is 4.57 Å². The number of hydrogen-bond acceptors (Lipinski definition) is 2. The normalized spacial score (nSPS) is 12.1. The molecule has 0 aliphatic heterocycles. The van der Waals surface area contributed by atoms with Crippen molar-refractivity contribution in [2.45, 2.75) is 52.4 Å². The van der Waals surface area contributed by atoms with E-state index in [2.05, 4.69) is 288 Å². The van der Waals surface area contributed by atoms with Crippen molar-refractivity contribution in [2.24, 2.45) is 0 Å². The van der Waals surface area contributed by atoms with Gasteiger partial charge in [0.1, 0.15) is 11.2 Å². The molecule has 0 saturated carbocycles. The molecule has 362 valence electrons. The minimum Gasteiger partial charge on any atom is -0.455 e. The molecule has 0 fully saturated rings. The van der Waals surface area contributed by atoms with Crippen LogP contribution in [0.25, 0.3) is 105 Å². The van der Waals surface area contributed by atoms with Gasteiger partial charge in [-0.25, -0.2) is 0 Å². The van der Waals surface area contributed by atoms with Gasteiger partial charge in [-0.1, -0.05) is 224 Å². The molecular formula is C72H58N2O. The minimum atomic E-state index is -0.0261. The molecule has 0 atom stereocenters. The summed E-state index contributed by atoms with van der Waals surface area (Å²) in [7, 11) is 0. The predicted octanol–water partition coefficient (Wildman–Crippen LogP) is 20.6. The molecule has 0 unspecified atom stereocenters. The molecule has 0 spiro atoms. The second-order valence-corrected chi connectivity index (χ2v) is 22.1. The van der Waals surface area contributed by atoms with Crippen LogP contribution in [-0.2, 0) is 10.8 Å². The van der Waals surface area contributed by atoms with Gasteiger partial charge in [-0.15, -0.1) is 0 Å². The number of furan rings is 1. The van der Waals surface area contributed by atoms with Crippen molar-refractivity contribution in [3.05, 3.63) is 254 Å². The van der Waals surface area contributed by atoms with E-state index in [9.17, 15) is 0 Å². The van der Waals surface area contributed by atoms with E-state index < -0.39 is 0 Å². The minimum absolute atomic E-state index is 0.0261. The largest absolute Gasteiger partial charge is 0.455 e. The van der Waals surface area contributed by atoms with E-state index in [0.717, 1.165) is 66.9 Å².